The zero-order chi connectivity index (χ0) is 26.2. The average molecular weight is 531 g/mol. The highest BCUT2D eigenvalue weighted by atomic mass is 32.2. The Labute approximate surface area is 226 Å². The molecule has 6 nitrogen and oxygen atoms in total. The van der Waals surface area contributed by atoms with Gasteiger partial charge in [0.25, 0.3) is 10.0 Å². The second kappa shape index (κ2) is 12.6. The average Bonchev–Trinajstić information content (AvgIpc) is 3.41. The molecule has 38 heavy (non-hydrogen) atoms. The predicted octanol–water partition coefficient (Wildman–Crippen LogP) is 5.35. The number of unbranched alkanes of at least 4 members (excludes halogenated alkanes) is 3. The van der Waals surface area contributed by atoms with E-state index in [0.29, 0.717) is 4.90 Å². The molecule has 0 aliphatic carbocycles. The summed E-state index contributed by atoms with van der Waals surface area (Å²) >= 11 is 0. The minimum atomic E-state index is -3.63. The SMILES string of the molecule is O=S(=O)(c1ccccc1)n1ccc2c(N3CCN(CCCCCCNCc4ccccc4)CC3)cccc21. The van der Waals surface area contributed by atoms with E-state index in [4.69, 9.17) is 0 Å². The van der Waals surface area contributed by atoms with Crippen LogP contribution in [0.25, 0.3) is 10.9 Å². The molecule has 5 rings (SSSR count). The molecule has 1 saturated heterocycles. The lowest BCUT2D eigenvalue weighted by Crippen LogP contribution is -2.46. The minimum Gasteiger partial charge on any atom is -0.368 e. The number of hydrogen-bond acceptors (Lipinski definition) is 5. The van der Waals surface area contributed by atoms with E-state index in [1.807, 2.05) is 24.3 Å². The Morgan fingerprint density at radius 2 is 1.42 bits per heavy atom. The van der Waals surface area contributed by atoms with Crippen molar-refractivity contribution in [2.24, 2.45) is 0 Å². The van der Waals surface area contributed by atoms with Gasteiger partial charge in [0, 0.05) is 50.0 Å². The minimum absolute atomic E-state index is 0.306. The Morgan fingerprint density at radius 3 is 2.18 bits per heavy atom. The Balaban J connectivity index is 1.07. The van der Waals surface area contributed by atoms with E-state index in [9.17, 15) is 8.42 Å². The molecule has 1 aliphatic rings. The first-order chi connectivity index (χ1) is 18.6. The molecule has 7 heteroatoms. The first kappa shape index (κ1) is 26.5. The maximum Gasteiger partial charge on any atom is 0.268 e. The summed E-state index contributed by atoms with van der Waals surface area (Å²) < 4.78 is 27.9. The molecule has 1 N–H and O–H groups in total. The molecule has 0 amide bonds. The van der Waals surface area contributed by atoms with Crippen molar-refractivity contribution in [2.75, 3.05) is 44.2 Å². The third kappa shape index (κ3) is 6.29. The van der Waals surface area contributed by atoms with E-state index in [1.54, 1.807) is 30.5 Å². The summed E-state index contributed by atoms with van der Waals surface area (Å²) in [5, 5.41) is 4.53. The van der Waals surface area contributed by atoms with Gasteiger partial charge in [0.1, 0.15) is 0 Å². The molecule has 2 heterocycles. The summed E-state index contributed by atoms with van der Waals surface area (Å²) in [6.07, 6.45) is 6.70. The molecule has 0 unspecified atom stereocenters. The smallest absolute Gasteiger partial charge is 0.268 e. The Hall–Kier alpha value is -3.13. The van der Waals surface area contributed by atoms with Gasteiger partial charge in [0.05, 0.1) is 10.4 Å². The van der Waals surface area contributed by atoms with Crippen LogP contribution in [-0.4, -0.2) is 56.6 Å². The summed E-state index contributed by atoms with van der Waals surface area (Å²) in [5.41, 5.74) is 3.19. The van der Waals surface area contributed by atoms with E-state index in [1.165, 1.54) is 35.2 Å². The van der Waals surface area contributed by atoms with E-state index in [-0.39, 0.29) is 0 Å². The molecule has 1 fully saturated rings. The molecule has 4 aromatic rings. The first-order valence-corrected chi connectivity index (χ1v) is 15.2. The number of nitrogens with zero attached hydrogens (tertiary/aromatic N) is 3. The van der Waals surface area contributed by atoms with Gasteiger partial charge in [-0.05, 0) is 61.8 Å². The van der Waals surface area contributed by atoms with E-state index in [0.717, 1.165) is 62.4 Å². The lowest BCUT2D eigenvalue weighted by atomic mass is 10.1. The van der Waals surface area contributed by atoms with Crippen LogP contribution in [0.5, 0.6) is 0 Å². The topological polar surface area (TPSA) is 57.6 Å². The molecule has 0 atom stereocenters. The van der Waals surface area contributed by atoms with Gasteiger partial charge in [0.15, 0.2) is 0 Å². The zero-order valence-corrected chi connectivity index (χ0v) is 22.8. The van der Waals surface area contributed by atoms with Crippen LogP contribution in [0, 0.1) is 0 Å². The number of anilines is 1. The van der Waals surface area contributed by atoms with Crippen LogP contribution in [0.3, 0.4) is 0 Å². The molecule has 3 aromatic carbocycles. The van der Waals surface area contributed by atoms with Crippen molar-refractivity contribution in [3.05, 3.63) is 96.7 Å². The first-order valence-electron chi connectivity index (χ1n) is 13.8. The van der Waals surface area contributed by atoms with Crippen LogP contribution in [0.15, 0.2) is 96.0 Å². The fraction of sp³-hybridized carbons (Fsp3) is 0.355. The molecular weight excluding hydrogens is 492 g/mol. The number of hydrogen-bond donors (Lipinski definition) is 1. The highest BCUT2D eigenvalue weighted by molar-refractivity contribution is 7.90. The summed E-state index contributed by atoms with van der Waals surface area (Å²) in [7, 11) is -3.63. The molecule has 0 spiro atoms. The van der Waals surface area contributed by atoms with E-state index in [2.05, 4.69) is 51.5 Å². The number of nitrogens with one attached hydrogen (secondary N) is 1. The van der Waals surface area contributed by atoms with E-state index >= 15 is 0 Å². The van der Waals surface area contributed by atoms with Crippen molar-refractivity contribution in [1.29, 1.82) is 0 Å². The predicted molar refractivity (Wildman–Crippen MR) is 156 cm³/mol. The third-order valence-corrected chi connectivity index (χ3v) is 9.14. The third-order valence-electron chi connectivity index (χ3n) is 7.44. The summed E-state index contributed by atoms with van der Waals surface area (Å²) in [6.45, 7) is 7.18. The molecule has 0 radical (unpaired) electrons. The monoisotopic (exact) mass is 530 g/mol. The highest BCUT2D eigenvalue weighted by Crippen LogP contribution is 2.31. The van der Waals surface area contributed by atoms with Crippen molar-refractivity contribution in [3.8, 4) is 0 Å². The second-order valence-electron chi connectivity index (χ2n) is 10.0. The Kier molecular flexibility index (Phi) is 8.79. The maximum atomic E-state index is 13.2. The van der Waals surface area contributed by atoms with Crippen LogP contribution in [0.4, 0.5) is 5.69 Å². The van der Waals surface area contributed by atoms with Crippen LogP contribution < -0.4 is 10.2 Å². The lowest BCUT2D eigenvalue weighted by Gasteiger charge is -2.36. The molecule has 0 bridgehead atoms. The fourth-order valence-corrected chi connectivity index (χ4v) is 6.67. The van der Waals surface area contributed by atoms with Crippen molar-refractivity contribution >= 4 is 26.6 Å². The standard InChI is InChI=1S/C31H38N4O2S/c36-38(37,28-14-7-4-8-15-28)35-21-18-29-30(16-11-17-31(29)35)34-24-22-33(23-25-34)20-10-2-1-9-19-32-26-27-12-5-3-6-13-27/h3-8,11-18,21,32H,1-2,9-10,19-20,22-26H2. The fourth-order valence-electron chi connectivity index (χ4n) is 5.30. The van der Waals surface area contributed by atoms with Gasteiger partial charge in [-0.3, -0.25) is 4.90 Å². The van der Waals surface area contributed by atoms with Gasteiger partial charge < -0.3 is 10.2 Å². The van der Waals surface area contributed by atoms with Crippen LogP contribution in [0.1, 0.15) is 31.2 Å². The van der Waals surface area contributed by atoms with E-state index < -0.39 is 10.0 Å². The number of piperazine rings is 1. The van der Waals surface area contributed by atoms with Crippen molar-refractivity contribution in [3.63, 3.8) is 0 Å². The summed E-state index contributed by atoms with van der Waals surface area (Å²) in [4.78, 5) is 5.27. The lowest BCUT2D eigenvalue weighted by molar-refractivity contribution is 0.252. The van der Waals surface area contributed by atoms with Gasteiger partial charge in [-0.1, -0.05) is 67.4 Å². The largest absolute Gasteiger partial charge is 0.368 e. The van der Waals surface area contributed by atoms with Crippen LogP contribution in [0.2, 0.25) is 0 Å². The second-order valence-corrected chi connectivity index (χ2v) is 11.9. The molecule has 200 valence electrons. The van der Waals surface area contributed by atoms with Gasteiger partial charge in [-0.2, -0.15) is 0 Å². The number of fused-ring (bicyclic) bond motifs is 1. The van der Waals surface area contributed by atoms with Crippen molar-refractivity contribution < 1.29 is 8.42 Å². The zero-order valence-electron chi connectivity index (χ0n) is 22.0. The van der Waals surface area contributed by atoms with Gasteiger partial charge in [-0.15, -0.1) is 0 Å². The van der Waals surface area contributed by atoms with Crippen molar-refractivity contribution in [2.45, 2.75) is 37.1 Å². The van der Waals surface area contributed by atoms with Crippen LogP contribution in [-0.2, 0) is 16.6 Å². The quantitative estimate of drug-likeness (QED) is 0.250. The highest BCUT2D eigenvalue weighted by Gasteiger charge is 2.22. The molecular formula is C31H38N4O2S. The molecule has 0 saturated carbocycles. The number of aromatic nitrogens is 1. The Morgan fingerprint density at radius 1 is 0.711 bits per heavy atom. The van der Waals surface area contributed by atoms with Crippen molar-refractivity contribution in [1.82, 2.24) is 14.2 Å². The number of benzene rings is 3. The van der Waals surface area contributed by atoms with Gasteiger partial charge in [-0.25, -0.2) is 12.4 Å². The maximum absolute atomic E-state index is 13.2. The van der Waals surface area contributed by atoms with Crippen LogP contribution >= 0.6 is 0 Å². The van der Waals surface area contributed by atoms with Gasteiger partial charge in [0.2, 0.25) is 0 Å². The molecule has 1 aromatic heterocycles. The summed E-state index contributed by atoms with van der Waals surface area (Å²) in [5.74, 6) is 0. The molecule has 1 aliphatic heterocycles. The Bertz CT molecular complexity index is 1400. The summed E-state index contributed by atoms with van der Waals surface area (Å²) in [6, 6.07) is 27.1. The normalized spacial score (nSPS) is 14.8. The number of rotatable bonds is 12. The van der Waals surface area contributed by atoms with Gasteiger partial charge >= 0.3 is 0 Å².